The molecule has 1 aromatic carbocycles. The van der Waals surface area contributed by atoms with Gasteiger partial charge in [0, 0.05) is 0 Å². The molecule has 0 fully saturated rings. The van der Waals surface area contributed by atoms with Crippen LogP contribution < -0.4 is 4.90 Å². The van der Waals surface area contributed by atoms with Gasteiger partial charge in [-0.15, -0.1) is 17.7 Å². The zero-order chi connectivity index (χ0) is 9.10. The van der Waals surface area contributed by atoms with Gasteiger partial charge < -0.3 is 14.7 Å². The molecule has 0 saturated carbocycles. The number of hydrogen-bond donors (Lipinski definition) is 2. The summed E-state index contributed by atoms with van der Waals surface area (Å²) in [5.74, 6) is -0.134. The smallest absolute Gasteiger partial charge is 0.539 e. The van der Waals surface area contributed by atoms with Crippen molar-refractivity contribution in [2.75, 3.05) is 0 Å². The average Bonchev–Trinajstić information content (AvgIpc) is 2.20. The minimum absolute atomic E-state index is 0.134. The number of rotatable bonds is 1. The third-order valence-electron chi connectivity index (χ3n) is 1.70. The molecule has 1 radical (unpaired) electrons. The van der Waals surface area contributed by atoms with Crippen LogP contribution in [-0.2, 0) is 4.65 Å². The predicted molar refractivity (Wildman–Crippen MR) is 48.8 cm³/mol. The van der Waals surface area contributed by atoms with E-state index in [4.69, 9.17) is 4.65 Å². The molecule has 2 rings (SSSR count). The third-order valence-corrected chi connectivity index (χ3v) is 1.70. The predicted octanol–water partition coefficient (Wildman–Crippen LogP) is -0.494. The fraction of sp³-hybridized carbons (Fsp3) is 0. The van der Waals surface area contributed by atoms with Crippen molar-refractivity contribution in [3.05, 3.63) is 41.8 Å². The highest BCUT2D eigenvalue weighted by molar-refractivity contribution is 6.22. The highest BCUT2D eigenvalue weighted by Crippen LogP contribution is 2.15. The Morgan fingerprint density at radius 2 is 2.08 bits per heavy atom. The van der Waals surface area contributed by atoms with Gasteiger partial charge >= 0.3 is 7.62 Å². The second kappa shape index (κ2) is 3.35. The Morgan fingerprint density at radius 3 is 2.77 bits per heavy atom. The van der Waals surface area contributed by atoms with Gasteiger partial charge in [-0.1, -0.05) is 18.2 Å². The number of nitrogens with one attached hydrogen (secondary N) is 1. The van der Waals surface area contributed by atoms with Gasteiger partial charge in [-0.3, -0.25) is 0 Å². The van der Waals surface area contributed by atoms with Crippen molar-refractivity contribution >= 4 is 19.4 Å². The SMILES string of the molecule is OC1=C(c2ccccc2)[C-]=[NH+][B]O1. The van der Waals surface area contributed by atoms with Crippen molar-refractivity contribution in [1.82, 2.24) is 0 Å². The number of allylic oxidation sites excluding steroid dienone is 1. The fourth-order valence-corrected chi connectivity index (χ4v) is 1.10. The van der Waals surface area contributed by atoms with Crippen LogP contribution in [0.3, 0.4) is 0 Å². The molecule has 0 spiro atoms. The number of aliphatic hydroxyl groups excluding tert-OH is 1. The topological polar surface area (TPSA) is 43.4 Å². The number of benzene rings is 1. The summed E-state index contributed by atoms with van der Waals surface area (Å²) in [5.41, 5.74) is 1.39. The van der Waals surface area contributed by atoms with E-state index in [1.165, 1.54) is 7.62 Å². The maximum absolute atomic E-state index is 9.35. The van der Waals surface area contributed by atoms with Crippen LogP contribution in [0, 0.1) is 0 Å². The molecular formula is C9H7BNO2. The average molecular weight is 172 g/mol. The van der Waals surface area contributed by atoms with Crippen molar-refractivity contribution in [1.29, 1.82) is 0 Å². The van der Waals surface area contributed by atoms with Crippen molar-refractivity contribution in [3.63, 3.8) is 0 Å². The van der Waals surface area contributed by atoms with E-state index in [0.29, 0.717) is 5.57 Å². The summed E-state index contributed by atoms with van der Waals surface area (Å²) in [6.07, 6.45) is 2.78. The van der Waals surface area contributed by atoms with Gasteiger partial charge in [-0.25, -0.2) is 0 Å². The van der Waals surface area contributed by atoms with E-state index in [0.717, 1.165) is 5.56 Å². The molecule has 1 heterocycles. The Morgan fingerprint density at radius 1 is 1.31 bits per heavy atom. The largest absolute Gasteiger partial charge is 0.799 e. The Labute approximate surface area is 76.7 Å². The van der Waals surface area contributed by atoms with Crippen LogP contribution in [0.15, 0.2) is 36.3 Å². The zero-order valence-electron chi connectivity index (χ0n) is 6.82. The van der Waals surface area contributed by atoms with Crippen LogP contribution >= 0.6 is 0 Å². The molecule has 4 heteroatoms. The molecule has 0 aliphatic carbocycles. The molecule has 0 saturated heterocycles. The van der Waals surface area contributed by atoms with E-state index in [1.807, 2.05) is 30.3 Å². The van der Waals surface area contributed by atoms with Gasteiger partial charge in [0.05, 0.1) is 6.21 Å². The van der Waals surface area contributed by atoms with E-state index in [-0.39, 0.29) is 5.95 Å². The van der Waals surface area contributed by atoms with E-state index in [1.54, 1.807) is 0 Å². The van der Waals surface area contributed by atoms with Gasteiger partial charge in [0.2, 0.25) is 0 Å². The lowest BCUT2D eigenvalue weighted by Gasteiger charge is -2.15. The maximum atomic E-state index is 9.35. The Kier molecular flexibility index (Phi) is 2.04. The first-order valence-electron chi connectivity index (χ1n) is 3.86. The molecule has 1 aliphatic rings. The van der Waals surface area contributed by atoms with Crippen LogP contribution in [0.5, 0.6) is 0 Å². The summed E-state index contributed by atoms with van der Waals surface area (Å²) < 4.78 is 4.78. The lowest BCUT2D eigenvalue weighted by Crippen LogP contribution is -2.74. The Hall–Kier alpha value is -1.71. The van der Waals surface area contributed by atoms with Gasteiger partial charge in [0.15, 0.2) is 5.95 Å². The highest BCUT2D eigenvalue weighted by atomic mass is 16.6. The monoisotopic (exact) mass is 172 g/mol. The van der Waals surface area contributed by atoms with Crippen LogP contribution in [0.25, 0.3) is 5.57 Å². The molecule has 3 nitrogen and oxygen atoms in total. The standard InChI is InChI=1S/C9H7BNO2/c12-9-8(6-11-10-13-9)7-4-2-1-3-5-7/h1-5,11-12H. The summed E-state index contributed by atoms with van der Waals surface area (Å²) in [6.45, 7) is 0. The molecule has 2 N–H and O–H groups in total. The van der Waals surface area contributed by atoms with Crippen molar-refractivity contribution in [2.24, 2.45) is 0 Å². The Balaban J connectivity index is 2.41. The van der Waals surface area contributed by atoms with Gasteiger partial charge in [-0.05, 0) is 5.57 Å². The molecule has 0 bridgehead atoms. The van der Waals surface area contributed by atoms with Crippen LogP contribution in [0.1, 0.15) is 5.56 Å². The lowest BCUT2D eigenvalue weighted by atomic mass is 10.1. The summed E-state index contributed by atoms with van der Waals surface area (Å²) in [5, 5.41) is 9.35. The molecular weight excluding hydrogens is 165 g/mol. The molecule has 0 atom stereocenters. The molecule has 0 unspecified atom stereocenters. The summed E-state index contributed by atoms with van der Waals surface area (Å²) in [4.78, 5) is 2.65. The summed E-state index contributed by atoms with van der Waals surface area (Å²) in [6, 6.07) is 9.42. The zero-order valence-corrected chi connectivity index (χ0v) is 6.82. The minimum Gasteiger partial charge on any atom is -0.539 e. The molecule has 0 aromatic heterocycles. The first-order chi connectivity index (χ1) is 6.38. The van der Waals surface area contributed by atoms with Crippen molar-refractivity contribution in [3.8, 4) is 0 Å². The molecule has 1 aliphatic heterocycles. The maximum Gasteiger partial charge on any atom is 0.799 e. The highest BCUT2D eigenvalue weighted by Gasteiger charge is 2.10. The van der Waals surface area contributed by atoms with Crippen molar-refractivity contribution < 1.29 is 14.7 Å². The van der Waals surface area contributed by atoms with E-state index < -0.39 is 0 Å². The summed E-state index contributed by atoms with van der Waals surface area (Å²) >= 11 is 0. The molecule has 63 valence electrons. The van der Waals surface area contributed by atoms with Crippen molar-refractivity contribution in [2.45, 2.75) is 0 Å². The first-order valence-corrected chi connectivity index (χ1v) is 3.86. The molecule has 13 heavy (non-hydrogen) atoms. The Bertz CT molecular complexity index is 359. The summed E-state index contributed by atoms with van der Waals surface area (Å²) in [7, 11) is 1.27. The normalized spacial score (nSPS) is 15.1. The van der Waals surface area contributed by atoms with Crippen LogP contribution in [0.4, 0.5) is 0 Å². The van der Waals surface area contributed by atoms with E-state index in [9.17, 15) is 5.11 Å². The van der Waals surface area contributed by atoms with Gasteiger partial charge in [0.25, 0.3) is 0 Å². The minimum atomic E-state index is -0.134. The first kappa shape index (κ1) is 7.92. The van der Waals surface area contributed by atoms with Gasteiger partial charge in [0.1, 0.15) is 0 Å². The van der Waals surface area contributed by atoms with E-state index in [2.05, 4.69) is 11.1 Å². The quantitative estimate of drug-likeness (QED) is 0.443. The second-order valence-electron chi connectivity index (χ2n) is 2.55. The fourth-order valence-electron chi connectivity index (χ4n) is 1.10. The molecule has 1 aromatic rings. The van der Waals surface area contributed by atoms with E-state index >= 15 is 0 Å². The number of hydrogen-bond acceptors (Lipinski definition) is 2. The van der Waals surface area contributed by atoms with Crippen LogP contribution in [0.2, 0.25) is 0 Å². The van der Waals surface area contributed by atoms with Crippen LogP contribution in [-0.4, -0.2) is 18.9 Å². The molecule has 0 amide bonds. The second-order valence-corrected chi connectivity index (χ2v) is 2.55. The number of aliphatic hydroxyl groups is 1. The third kappa shape index (κ3) is 1.56. The lowest BCUT2D eigenvalue weighted by molar-refractivity contribution is -0.298. The van der Waals surface area contributed by atoms with Gasteiger partial charge in [-0.2, -0.15) is 0 Å².